The van der Waals surface area contributed by atoms with Crippen LogP contribution in [0.1, 0.15) is 43.8 Å². The van der Waals surface area contributed by atoms with E-state index in [1.165, 1.54) is 0 Å². The molecule has 0 amide bonds. The molecule has 3 aromatic carbocycles. The van der Waals surface area contributed by atoms with Gasteiger partial charge in [0.15, 0.2) is 24.7 Å². The Morgan fingerprint density at radius 3 is 1.89 bits per heavy atom. The zero-order valence-corrected chi connectivity index (χ0v) is 27.2. The molecule has 0 saturated carbocycles. The first-order valence-electron chi connectivity index (χ1n) is 16.4. The lowest BCUT2D eigenvalue weighted by Gasteiger charge is -2.50. The van der Waals surface area contributed by atoms with E-state index in [1.807, 2.05) is 112 Å². The Bertz CT molecular complexity index is 1410. The molecule has 4 aliphatic rings. The molecule has 4 fully saturated rings. The van der Waals surface area contributed by atoms with Crippen molar-refractivity contribution in [2.45, 2.75) is 107 Å². The number of methoxy groups -OCH3 is 1. The van der Waals surface area contributed by atoms with Gasteiger partial charge in [0.25, 0.3) is 0 Å². The monoisotopic (exact) mass is 648 g/mol. The van der Waals surface area contributed by atoms with Crippen LogP contribution in [-0.2, 0) is 60.6 Å². The SMILES string of the molecule is CO[C@@H]1O[C@@H](C)[C@H](OC2O[C@@H]3COC(c4ccccc4)O[C@H]3[C@H](OCc3ccccc3)[C@H]2OCc2ccccc2)[C@H]2OC(C)(C)O[C@@H]12. The fourth-order valence-corrected chi connectivity index (χ4v) is 6.78. The van der Waals surface area contributed by atoms with Gasteiger partial charge in [-0.1, -0.05) is 91.0 Å². The summed E-state index contributed by atoms with van der Waals surface area (Å²) in [5.74, 6) is -0.846. The standard InChI is InChI=1S/C37H44O10/c1-23-28(31-33(35(38-4)42-23)47-37(2,3)46-31)44-36-32(40-21-25-16-10-6-11-17-25)30(39-20-24-14-8-5-9-15-24)29-27(43-36)22-41-34(45-29)26-18-12-7-13-19-26/h5-19,23,27-36H,20-22H2,1-4H3/t23-,27+,28-,29+,30-,31+,32+,33+,34?,35+,36?/m0/s1. The van der Waals surface area contributed by atoms with E-state index in [0.717, 1.165) is 16.7 Å². The molecule has 0 N–H and O–H groups in total. The summed E-state index contributed by atoms with van der Waals surface area (Å²) in [6, 6.07) is 29.9. The van der Waals surface area contributed by atoms with E-state index in [9.17, 15) is 0 Å². The van der Waals surface area contributed by atoms with Gasteiger partial charge in [-0.3, -0.25) is 0 Å². The van der Waals surface area contributed by atoms with Crippen molar-refractivity contribution in [3.63, 3.8) is 0 Å². The predicted molar refractivity (Wildman–Crippen MR) is 169 cm³/mol. The van der Waals surface area contributed by atoms with Crippen LogP contribution >= 0.6 is 0 Å². The molecule has 4 saturated heterocycles. The minimum absolute atomic E-state index is 0.280. The summed E-state index contributed by atoms with van der Waals surface area (Å²) in [4.78, 5) is 0. The smallest absolute Gasteiger partial charge is 0.187 e. The normalized spacial score (nSPS) is 36.4. The topological polar surface area (TPSA) is 92.3 Å². The first-order valence-corrected chi connectivity index (χ1v) is 16.4. The molecule has 47 heavy (non-hydrogen) atoms. The van der Waals surface area contributed by atoms with E-state index < -0.39 is 73.5 Å². The number of fused-ring (bicyclic) bond motifs is 2. The Morgan fingerprint density at radius 1 is 0.660 bits per heavy atom. The Labute approximate surface area is 276 Å². The van der Waals surface area contributed by atoms with Gasteiger partial charge in [0.05, 0.1) is 25.9 Å². The molecule has 0 radical (unpaired) electrons. The number of hydrogen-bond donors (Lipinski definition) is 0. The lowest BCUT2D eigenvalue weighted by molar-refractivity contribution is -0.388. The molecular weight excluding hydrogens is 604 g/mol. The van der Waals surface area contributed by atoms with Crippen LogP contribution in [0.2, 0.25) is 0 Å². The molecule has 0 bridgehead atoms. The molecule has 11 atom stereocenters. The first-order chi connectivity index (χ1) is 22.9. The molecular formula is C37H44O10. The summed E-state index contributed by atoms with van der Waals surface area (Å²) < 4.78 is 64.4. The fourth-order valence-electron chi connectivity index (χ4n) is 6.78. The molecule has 0 aliphatic carbocycles. The second-order valence-corrected chi connectivity index (χ2v) is 12.9. The zero-order chi connectivity index (χ0) is 32.4. The lowest BCUT2D eigenvalue weighted by atomic mass is 9.96. The first kappa shape index (κ1) is 32.8. The van der Waals surface area contributed by atoms with E-state index in [1.54, 1.807) is 7.11 Å². The summed E-state index contributed by atoms with van der Waals surface area (Å²) >= 11 is 0. The van der Waals surface area contributed by atoms with Gasteiger partial charge >= 0.3 is 0 Å². The Balaban J connectivity index is 1.20. The highest BCUT2D eigenvalue weighted by atomic mass is 16.8. The summed E-state index contributed by atoms with van der Waals surface area (Å²) in [6.45, 7) is 6.63. The number of rotatable bonds is 10. The third-order valence-electron chi connectivity index (χ3n) is 9.02. The molecule has 10 heteroatoms. The van der Waals surface area contributed by atoms with E-state index in [0.29, 0.717) is 13.2 Å². The van der Waals surface area contributed by atoms with Crippen LogP contribution in [-0.4, -0.2) is 80.9 Å². The largest absolute Gasteiger partial charge is 0.368 e. The number of ether oxygens (including phenoxy) is 10. The van der Waals surface area contributed by atoms with Crippen LogP contribution in [0, 0.1) is 0 Å². The second-order valence-electron chi connectivity index (χ2n) is 12.9. The maximum atomic E-state index is 6.86. The van der Waals surface area contributed by atoms with Crippen LogP contribution < -0.4 is 0 Å². The number of hydrogen-bond acceptors (Lipinski definition) is 10. The average Bonchev–Trinajstić information content (AvgIpc) is 3.43. The Hall–Kier alpha value is -2.74. The molecule has 0 spiro atoms. The molecule has 4 aliphatic heterocycles. The van der Waals surface area contributed by atoms with Crippen molar-refractivity contribution >= 4 is 0 Å². The summed E-state index contributed by atoms with van der Waals surface area (Å²) in [7, 11) is 1.60. The van der Waals surface area contributed by atoms with Crippen molar-refractivity contribution in [2.75, 3.05) is 13.7 Å². The van der Waals surface area contributed by atoms with Gasteiger partial charge < -0.3 is 47.4 Å². The maximum absolute atomic E-state index is 6.86. The van der Waals surface area contributed by atoms with Gasteiger partial charge in [-0.2, -0.15) is 0 Å². The fraction of sp³-hybridized carbons (Fsp3) is 0.514. The van der Waals surface area contributed by atoms with E-state index >= 15 is 0 Å². The highest BCUT2D eigenvalue weighted by Crippen LogP contribution is 2.42. The molecule has 7 rings (SSSR count). The molecule has 252 valence electrons. The van der Waals surface area contributed by atoms with Crippen molar-refractivity contribution in [1.82, 2.24) is 0 Å². The Kier molecular flexibility index (Phi) is 10.0. The summed E-state index contributed by atoms with van der Waals surface area (Å²) in [5.41, 5.74) is 2.96. The van der Waals surface area contributed by atoms with E-state index in [2.05, 4.69) is 0 Å². The minimum atomic E-state index is -0.871. The summed E-state index contributed by atoms with van der Waals surface area (Å²) in [6.07, 6.45) is -6.23. The molecule has 3 aromatic rings. The van der Waals surface area contributed by atoms with Gasteiger partial charge in [-0.15, -0.1) is 0 Å². The molecule has 0 aromatic heterocycles. The quantitative estimate of drug-likeness (QED) is 0.289. The van der Waals surface area contributed by atoms with Crippen molar-refractivity contribution in [1.29, 1.82) is 0 Å². The second kappa shape index (κ2) is 14.4. The van der Waals surface area contributed by atoms with Crippen LogP contribution in [0.15, 0.2) is 91.0 Å². The van der Waals surface area contributed by atoms with Crippen molar-refractivity contribution in [2.24, 2.45) is 0 Å². The van der Waals surface area contributed by atoms with Gasteiger partial charge in [-0.25, -0.2) is 0 Å². The molecule has 2 unspecified atom stereocenters. The maximum Gasteiger partial charge on any atom is 0.187 e. The van der Waals surface area contributed by atoms with Crippen molar-refractivity contribution in [3.05, 3.63) is 108 Å². The van der Waals surface area contributed by atoms with E-state index in [-0.39, 0.29) is 6.61 Å². The average molecular weight is 649 g/mol. The van der Waals surface area contributed by atoms with Gasteiger partial charge in [0.2, 0.25) is 0 Å². The predicted octanol–water partition coefficient (Wildman–Crippen LogP) is 5.29. The van der Waals surface area contributed by atoms with Crippen LogP contribution in [0.25, 0.3) is 0 Å². The third kappa shape index (κ3) is 7.33. The zero-order valence-electron chi connectivity index (χ0n) is 27.2. The van der Waals surface area contributed by atoms with Gasteiger partial charge in [0.1, 0.15) is 42.7 Å². The van der Waals surface area contributed by atoms with Crippen LogP contribution in [0.4, 0.5) is 0 Å². The third-order valence-corrected chi connectivity index (χ3v) is 9.02. The highest BCUT2D eigenvalue weighted by molar-refractivity contribution is 5.18. The lowest BCUT2D eigenvalue weighted by Crippen LogP contribution is -2.66. The van der Waals surface area contributed by atoms with Gasteiger partial charge in [0, 0.05) is 12.7 Å². The van der Waals surface area contributed by atoms with E-state index in [4.69, 9.17) is 47.4 Å². The Morgan fingerprint density at radius 2 is 1.26 bits per heavy atom. The highest BCUT2D eigenvalue weighted by Gasteiger charge is 2.58. The summed E-state index contributed by atoms with van der Waals surface area (Å²) in [5, 5.41) is 0. The van der Waals surface area contributed by atoms with Crippen molar-refractivity contribution in [3.8, 4) is 0 Å². The van der Waals surface area contributed by atoms with Gasteiger partial charge in [-0.05, 0) is 31.9 Å². The number of benzene rings is 3. The molecule has 4 heterocycles. The minimum Gasteiger partial charge on any atom is -0.368 e. The van der Waals surface area contributed by atoms with Crippen LogP contribution in [0.3, 0.4) is 0 Å². The van der Waals surface area contributed by atoms with Crippen molar-refractivity contribution < 1.29 is 47.4 Å². The molecule has 10 nitrogen and oxygen atoms in total. The van der Waals surface area contributed by atoms with Crippen LogP contribution in [0.5, 0.6) is 0 Å².